The minimum atomic E-state index is -3.64. The van der Waals surface area contributed by atoms with Crippen molar-refractivity contribution in [3.63, 3.8) is 0 Å². The van der Waals surface area contributed by atoms with Crippen LogP contribution in [0.2, 0.25) is 0 Å². The molecule has 10 aromatic heterocycles. The number of halogens is 2. The topological polar surface area (TPSA) is 343 Å². The molecule has 0 atom stereocenters. The van der Waals surface area contributed by atoms with Crippen LogP contribution in [0.3, 0.4) is 0 Å². The van der Waals surface area contributed by atoms with E-state index >= 15 is 0 Å². The lowest BCUT2D eigenvalue weighted by Gasteiger charge is -2.19. The number of fused-ring (bicyclic) bond motifs is 1. The maximum atomic E-state index is 13.0. The van der Waals surface area contributed by atoms with E-state index in [4.69, 9.17) is 10.5 Å². The van der Waals surface area contributed by atoms with Gasteiger partial charge in [0.25, 0.3) is 0 Å². The number of rotatable bonds is 24. The monoisotopic (exact) mass is 1690 g/mol. The highest BCUT2D eigenvalue weighted by Gasteiger charge is 2.43. The van der Waals surface area contributed by atoms with Crippen LogP contribution in [0.15, 0.2) is 232 Å². The van der Waals surface area contributed by atoms with Gasteiger partial charge in [0.2, 0.25) is 29.7 Å². The van der Waals surface area contributed by atoms with Crippen LogP contribution >= 0.6 is 56.7 Å². The second kappa shape index (κ2) is 40.5. The molecule has 0 saturated heterocycles. The molecule has 1 aliphatic rings. The molecule has 11 heterocycles. The first-order valence-electron chi connectivity index (χ1n) is 37.3. The zero-order chi connectivity index (χ0) is 83.0. The average molecular weight is 1690 g/mol. The molecular weight excluding hydrogens is 1610 g/mol. The molecule has 0 aliphatic carbocycles. The van der Waals surface area contributed by atoms with Crippen molar-refractivity contribution < 1.29 is 28.1 Å². The first-order valence-corrected chi connectivity index (χ1v) is 41.4. The number of hydrogen-bond donors (Lipinski definition) is 8. The van der Waals surface area contributed by atoms with Crippen molar-refractivity contribution in [3.8, 4) is 76.5 Å². The first kappa shape index (κ1) is 83.6. The number of nitrogens with one attached hydrogen (secondary N) is 6. The first-order chi connectivity index (χ1) is 57.8. The molecule has 119 heavy (non-hydrogen) atoms. The van der Waals surface area contributed by atoms with Gasteiger partial charge in [-0.1, -0.05) is 44.2 Å². The van der Waals surface area contributed by atoms with E-state index in [1.807, 2.05) is 206 Å². The lowest BCUT2D eigenvalue weighted by molar-refractivity contribution is -0.286. The van der Waals surface area contributed by atoms with Gasteiger partial charge in [0.05, 0.1) is 6.61 Å². The summed E-state index contributed by atoms with van der Waals surface area (Å²) in [5.74, 6) is 3.58. The van der Waals surface area contributed by atoms with Crippen LogP contribution in [-0.4, -0.2) is 111 Å². The minimum absolute atomic E-state index is 0.0153. The van der Waals surface area contributed by atoms with Gasteiger partial charge in [-0.25, -0.2) is 74.8 Å². The van der Waals surface area contributed by atoms with E-state index in [1.165, 1.54) is 23.5 Å². The second-order valence-electron chi connectivity index (χ2n) is 25.9. The summed E-state index contributed by atoms with van der Waals surface area (Å²) in [4.78, 5) is 73.4. The fourth-order valence-electron chi connectivity index (χ4n) is 11.1. The highest BCUT2D eigenvalue weighted by molar-refractivity contribution is 7.16. The summed E-state index contributed by atoms with van der Waals surface area (Å²) in [5, 5.41) is 33.7. The Bertz CT molecular complexity index is 5980. The number of ether oxygens (including phenoxy) is 3. The van der Waals surface area contributed by atoms with Gasteiger partial charge in [-0.15, -0.1) is 65.5 Å². The number of phenols is 1. The Kier molecular flexibility index (Phi) is 28.4. The van der Waals surface area contributed by atoms with Gasteiger partial charge in [-0.05, 0) is 194 Å². The Balaban J connectivity index is 0.000000129. The Hall–Kier alpha value is -13.4. The summed E-state index contributed by atoms with van der Waals surface area (Å²) >= 11 is 7.98. The highest BCUT2D eigenvalue weighted by atomic mass is 32.1. The van der Waals surface area contributed by atoms with Gasteiger partial charge in [0.15, 0.2) is 11.5 Å². The number of nitrogens with two attached hydrogens (primary N) is 1. The lowest BCUT2D eigenvalue weighted by atomic mass is 10.1. The number of aryl methyl sites for hydroxylation is 5. The summed E-state index contributed by atoms with van der Waals surface area (Å²) in [7, 11) is 0. The molecule has 0 bridgehead atoms. The molecule has 0 amide bonds. The minimum Gasteiger partial charge on any atom is -0.508 e. The van der Waals surface area contributed by atoms with Gasteiger partial charge in [0.1, 0.15) is 65.0 Å². The Morgan fingerprint density at radius 1 is 0.387 bits per heavy atom. The van der Waals surface area contributed by atoms with Gasteiger partial charge in [-0.3, -0.25) is 4.90 Å². The molecule has 16 aromatic rings. The third kappa shape index (κ3) is 24.4. The van der Waals surface area contributed by atoms with E-state index in [9.17, 15) is 13.9 Å². The fourth-order valence-corrected chi connectivity index (χ4v) is 14.8. The van der Waals surface area contributed by atoms with Crippen molar-refractivity contribution in [2.24, 2.45) is 5.73 Å². The van der Waals surface area contributed by atoms with Gasteiger partial charge in [0, 0.05) is 151 Å². The number of phenolic OH excluding ortho intramolecular Hbond substituents is 1. The molecule has 0 fully saturated rings. The van der Waals surface area contributed by atoms with Crippen molar-refractivity contribution in [1.82, 2.24) is 79.7 Å². The van der Waals surface area contributed by atoms with E-state index < -0.39 is 6.29 Å². The summed E-state index contributed by atoms with van der Waals surface area (Å²) < 4.78 is 40.3. The molecular formula is C85H81F2N23O4S5. The van der Waals surface area contributed by atoms with Crippen molar-refractivity contribution in [1.29, 1.82) is 0 Å². The quantitative estimate of drug-likeness (QED) is 0.0261. The normalized spacial score (nSPS) is 11.5. The standard InChI is InChI=1S/C20H17N5S.C19H23N5OS.C16H16N4OS.C15H10F2N4O2S.C15H15N5S/c1-14-13-22-19(26-14)18-11-12-21-20(25-18)24-17-9-7-16(8-10-17)23-15-5-3-2-4-6-15;1-4-24(5-2)12-14-10-15(6-7-17(14)25)22-19-20-9-8-16(23-19)18-21-11-13(3)26-18;1-3-21-13-6-4-12(5-7-13)19-16-17-9-8-14(20-16)15-18-10-11(2)22-15;1-8-7-19-13(24-8)10-4-5-18-14(21-10)20-9-2-3-11-12(6-9)23-15(16,17)22-11;1-10-9-18-14(21-10)13-5-6-17-15(20-13)19-12-4-2-3-11(7-12)8-16/h2-13,23H,1H3,(H,21,24,25);6-11,25H,4-5,12H2,1-3H3,(H,20,22,23);4-10H,3H2,1-2H3,(H,17,19,20);2-7H,1H3,(H,18,20,21);2-7,9H,8,16H2,1H3,(H,17,19,20). The number of alkyl halides is 2. The Morgan fingerprint density at radius 2 is 0.731 bits per heavy atom. The molecule has 0 radical (unpaired) electrons. The number of anilines is 12. The molecule has 27 nitrogen and oxygen atoms in total. The van der Waals surface area contributed by atoms with Crippen LogP contribution in [0, 0.1) is 34.6 Å². The Labute approximate surface area is 705 Å². The molecule has 17 rings (SSSR count). The van der Waals surface area contributed by atoms with Gasteiger partial charge >= 0.3 is 6.29 Å². The molecule has 9 N–H and O–H groups in total. The van der Waals surface area contributed by atoms with Crippen LogP contribution in [-0.2, 0) is 13.1 Å². The summed E-state index contributed by atoms with van der Waals surface area (Å²) in [5.41, 5.74) is 17.7. The number of aromatic hydroxyl groups is 1. The smallest absolute Gasteiger partial charge is 0.508 e. The Morgan fingerprint density at radius 3 is 1.12 bits per heavy atom. The summed E-state index contributed by atoms with van der Waals surface area (Å²) in [6, 6.07) is 52.8. The number of nitrogens with zero attached hydrogens (tertiary/aromatic N) is 16. The SMILES string of the molecule is CCN(CC)Cc1cc(Nc2nccc(-c3ncc(C)s3)n2)ccc1O.CCOc1ccc(Nc2nccc(-c3ncc(C)s3)n2)cc1.Cc1cnc(-c2ccnc(Nc3ccc(Nc4ccccc4)cc3)n2)s1.Cc1cnc(-c2ccnc(Nc3ccc4c(c3)OC(F)(F)O4)n2)s1.Cc1cnc(-c2ccnc(Nc3cccc(CN)c3)n2)s1. The zero-order valence-electron chi connectivity index (χ0n) is 65.7. The van der Waals surface area contributed by atoms with Gasteiger partial charge < -0.3 is 57.0 Å². The van der Waals surface area contributed by atoms with E-state index in [2.05, 4.69) is 135 Å². The number of para-hydroxylation sites is 1. The summed E-state index contributed by atoms with van der Waals surface area (Å²) in [6.07, 6.45) is 14.1. The molecule has 1 aliphatic heterocycles. The van der Waals surface area contributed by atoms with Crippen LogP contribution in [0.1, 0.15) is 56.3 Å². The largest absolute Gasteiger partial charge is 0.586 e. The van der Waals surface area contributed by atoms with E-state index in [0.717, 1.165) is 136 Å². The molecule has 0 spiro atoms. The lowest BCUT2D eigenvalue weighted by Crippen LogP contribution is -2.25. The van der Waals surface area contributed by atoms with Crippen molar-refractivity contribution in [3.05, 3.63) is 267 Å². The zero-order valence-corrected chi connectivity index (χ0v) is 69.8. The van der Waals surface area contributed by atoms with Crippen molar-refractivity contribution >= 4 is 126 Å². The van der Waals surface area contributed by atoms with Crippen LogP contribution in [0.25, 0.3) is 53.5 Å². The van der Waals surface area contributed by atoms with Crippen molar-refractivity contribution in [2.45, 2.75) is 74.8 Å². The van der Waals surface area contributed by atoms with E-state index in [-0.39, 0.29) is 11.5 Å². The molecule has 6 aromatic carbocycles. The van der Waals surface area contributed by atoms with Crippen LogP contribution < -0.4 is 51.8 Å². The predicted octanol–water partition coefficient (Wildman–Crippen LogP) is 20.7. The molecule has 34 heteroatoms. The highest BCUT2D eigenvalue weighted by Crippen LogP contribution is 2.43. The molecule has 604 valence electrons. The predicted molar refractivity (Wildman–Crippen MR) is 471 cm³/mol. The third-order valence-electron chi connectivity index (χ3n) is 16.8. The molecule has 0 unspecified atom stereocenters. The fraction of sp³-hybridized carbons (Fsp3) is 0.165. The van der Waals surface area contributed by atoms with Crippen LogP contribution in [0.5, 0.6) is 23.0 Å². The second-order valence-corrected chi connectivity index (χ2v) is 32.1. The third-order valence-corrected chi connectivity index (χ3v) is 21.5. The maximum absolute atomic E-state index is 13.0. The number of hydrogen-bond acceptors (Lipinski definition) is 32. The van der Waals surface area contributed by atoms with Crippen molar-refractivity contribution in [2.75, 3.05) is 51.6 Å². The average Bonchev–Trinajstić information content (AvgIpc) is 1.66. The van der Waals surface area contributed by atoms with E-state index in [1.54, 1.807) is 101 Å². The van der Waals surface area contributed by atoms with Gasteiger partial charge in [-0.2, -0.15) is 0 Å². The molecule has 0 saturated carbocycles. The van der Waals surface area contributed by atoms with E-state index in [0.29, 0.717) is 66.6 Å². The number of benzene rings is 6. The summed E-state index contributed by atoms with van der Waals surface area (Å²) in [6.45, 7) is 20.0. The maximum Gasteiger partial charge on any atom is 0.586 e. The van der Waals surface area contributed by atoms with Crippen LogP contribution in [0.4, 0.5) is 78.3 Å². The number of thiazole rings is 5. The number of aromatic nitrogens is 15.